The Balaban J connectivity index is 1.68. The molecule has 1 aromatic rings. The fourth-order valence-electron chi connectivity index (χ4n) is 4.09. The summed E-state index contributed by atoms with van der Waals surface area (Å²) in [5.41, 5.74) is 2.63. The van der Waals surface area contributed by atoms with Crippen molar-refractivity contribution in [1.29, 1.82) is 0 Å². The molecule has 0 aliphatic carbocycles. The van der Waals surface area contributed by atoms with E-state index in [1.165, 1.54) is 31.2 Å². The second-order valence-electron chi connectivity index (χ2n) is 6.97. The molecule has 0 bridgehead atoms. The average molecular weight is 316 g/mol. The maximum absolute atomic E-state index is 11.9. The number of methoxy groups -OCH3 is 1. The molecule has 0 amide bonds. The van der Waals surface area contributed by atoms with E-state index in [4.69, 9.17) is 4.74 Å². The van der Waals surface area contributed by atoms with Crippen LogP contribution in [0.5, 0.6) is 0 Å². The summed E-state index contributed by atoms with van der Waals surface area (Å²) in [4.78, 5) is 11.9. The zero-order chi connectivity index (χ0) is 16.1. The van der Waals surface area contributed by atoms with E-state index in [1.807, 2.05) is 0 Å². The van der Waals surface area contributed by atoms with Crippen LogP contribution in [0.2, 0.25) is 0 Å². The first-order chi connectivity index (χ1) is 11.3. The van der Waals surface area contributed by atoms with Gasteiger partial charge < -0.3 is 15.4 Å². The normalized spacial score (nSPS) is 22.7. The molecule has 4 nitrogen and oxygen atoms in total. The van der Waals surface area contributed by atoms with E-state index in [9.17, 15) is 4.79 Å². The SMILES string of the molecule is COC(=O)CC(CC1CCNCC1)[C@@H]1CNc2ccccc2C1. The topological polar surface area (TPSA) is 50.4 Å². The minimum Gasteiger partial charge on any atom is -0.469 e. The van der Waals surface area contributed by atoms with Crippen molar-refractivity contribution >= 4 is 11.7 Å². The van der Waals surface area contributed by atoms with Crippen molar-refractivity contribution in [2.24, 2.45) is 17.8 Å². The van der Waals surface area contributed by atoms with E-state index in [-0.39, 0.29) is 5.97 Å². The first kappa shape index (κ1) is 16.3. The van der Waals surface area contributed by atoms with Gasteiger partial charge in [-0.15, -0.1) is 0 Å². The quantitative estimate of drug-likeness (QED) is 0.820. The van der Waals surface area contributed by atoms with Gasteiger partial charge in [0.1, 0.15) is 0 Å². The minimum atomic E-state index is -0.0669. The predicted molar refractivity (Wildman–Crippen MR) is 92.5 cm³/mol. The van der Waals surface area contributed by atoms with Gasteiger partial charge in [0, 0.05) is 18.7 Å². The summed E-state index contributed by atoms with van der Waals surface area (Å²) >= 11 is 0. The standard InChI is InChI=1S/C19H28N2O2/c1-23-19(22)12-16(10-14-6-8-20-9-7-14)17-11-15-4-2-3-5-18(15)21-13-17/h2-5,14,16-17,20-21H,6-13H2,1H3/t16?,17-/m0/s1. The Hall–Kier alpha value is -1.55. The summed E-state index contributed by atoms with van der Waals surface area (Å²) in [6, 6.07) is 8.53. The molecule has 2 N–H and O–H groups in total. The van der Waals surface area contributed by atoms with Gasteiger partial charge in [0.05, 0.1) is 7.11 Å². The molecule has 23 heavy (non-hydrogen) atoms. The highest BCUT2D eigenvalue weighted by Crippen LogP contribution is 2.35. The van der Waals surface area contributed by atoms with Crippen LogP contribution in [0.25, 0.3) is 0 Å². The molecule has 1 unspecified atom stereocenters. The zero-order valence-electron chi connectivity index (χ0n) is 14.0. The molecule has 126 valence electrons. The van der Waals surface area contributed by atoms with Gasteiger partial charge in [-0.2, -0.15) is 0 Å². The maximum Gasteiger partial charge on any atom is 0.305 e. The monoisotopic (exact) mass is 316 g/mol. The van der Waals surface area contributed by atoms with Crippen molar-refractivity contribution in [2.45, 2.75) is 32.1 Å². The van der Waals surface area contributed by atoms with E-state index in [1.54, 1.807) is 0 Å². The van der Waals surface area contributed by atoms with Gasteiger partial charge >= 0.3 is 5.97 Å². The third-order valence-corrected chi connectivity index (χ3v) is 5.47. The number of nitrogens with one attached hydrogen (secondary N) is 2. The average Bonchev–Trinajstić information content (AvgIpc) is 2.61. The molecular weight excluding hydrogens is 288 g/mol. The molecule has 0 radical (unpaired) electrons. The van der Waals surface area contributed by atoms with Crippen LogP contribution in [0.4, 0.5) is 5.69 Å². The lowest BCUT2D eigenvalue weighted by molar-refractivity contribution is -0.142. The number of ether oxygens (including phenoxy) is 1. The highest BCUT2D eigenvalue weighted by atomic mass is 16.5. The fourth-order valence-corrected chi connectivity index (χ4v) is 4.09. The minimum absolute atomic E-state index is 0.0669. The van der Waals surface area contributed by atoms with Crippen molar-refractivity contribution in [3.63, 3.8) is 0 Å². The lowest BCUT2D eigenvalue weighted by Crippen LogP contribution is -2.34. The first-order valence-electron chi connectivity index (χ1n) is 8.85. The summed E-state index contributed by atoms with van der Waals surface area (Å²) in [6.45, 7) is 3.19. The van der Waals surface area contributed by atoms with Crippen LogP contribution < -0.4 is 10.6 Å². The highest BCUT2D eigenvalue weighted by molar-refractivity contribution is 5.69. The molecule has 3 rings (SSSR count). The van der Waals surface area contributed by atoms with E-state index in [2.05, 4.69) is 34.9 Å². The number of piperidine rings is 1. The molecule has 2 atom stereocenters. The number of para-hydroxylation sites is 1. The number of fused-ring (bicyclic) bond motifs is 1. The molecule has 0 saturated carbocycles. The van der Waals surface area contributed by atoms with Gasteiger partial charge in [-0.1, -0.05) is 18.2 Å². The van der Waals surface area contributed by atoms with Crippen molar-refractivity contribution in [3.8, 4) is 0 Å². The Morgan fingerprint density at radius 3 is 2.87 bits per heavy atom. The molecule has 2 heterocycles. The van der Waals surface area contributed by atoms with Gasteiger partial charge in [0.25, 0.3) is 0 Å². The number of rotatable bonds is 5. The Bertz CT molecular complexity index is 526. The first-order valence-corrected chi connectivity index (χ1v) is 8.85. The third kappa shape index (κ3) is 4.25. The van der Waals surface area contributed by atoms with Gasteiger partial charge in [0.15, 0.2) is 0 Å². The number of carbonyl (C=O) groups is 1. The largest absolute Gasteiger partial charge is 0.469 e. The molecular formula is C19H28N2O2. The summed E-state index contributed by atoms with van der Waals surface area (Å²) in [5, 5.41) is 6.99. The number of hydrogen-bond acceptors (Lipinski definition) is 4. The highest BCUT2D eigenvalue weighted by Gasteiger charge is 2.30. The molecule has 1 fully saturated rings. The third-order valence-electron chi connectivity index (χ3n) is 5.47. The molecule has 0 aromatic heterocycles. The Morgan fingerprint density at radius 1 is 1.30 bits per heavy atom. The van der Waals surface area contributed by atoms with Crippen molar-refractivity contribution < 1.29 is 9.53 Å². The van der Waals surface area contributed by atoms with Crippen LogP contribution in [-0.2, 0) is 16.0 Å². The number of benzene rings is 1. The van der Waals surface area contributed by atoms with Crippen LogP contribution >= 0.6 is 0 Å². The Morgan fingerprint density at radius 2 is 2.09 bits per heavy atom. The van der Waals surface area contributed by atoms with E-state index in [0.717, 1.165) is 38.4 Å². The van der Waals surface area contributed by atoms with E-state index < -0.39 is 0 Å². The summed E-state index contributed by atoms with van der Waals surface area (Å²) in [7, 11) is 1.50. The molecule has 2 aliphatic rings. The van der Waals surface area contributed by atoms with Gasteiger partial charge in [-0.25, -0.2) is 0 Å². The van der Waals surface area contributed by atoms with Crippen LogP contribution in [0.3, 0.4) is 0 Å². The number of anilines is 1. The molecule has 2 aliphatic heterocycles. The lowest BCUT2D eigenvalue weighted by Gasteiger charge is -2.35. The van der Waals surface area contributed by atoms with E-state index in [0.29, 0.717) is 18.3 Å². The number of carbonyl (C=O) groups excluding carboxylic acids is 1. The van der Waals surface area contributed by atoms with Crippen LogP contribution in [0.1, 0.15) is 31.2 Å². The van der Waals surface area contributed by atoms with Crippen LogP contribution in [0, 0.1) is 17.8 Å². The summed E-state index contributed by atoms with van der Waals surface area (Å²) in [6.07, 6.45) is 5.22. The second-order valence-corrected chi connectivity index (χ2v) is 6.97. The van der Waals surface area contributed by atoms with Crippen molar-refractivity contribution in [2.75, 3.05) is 32.1 Å². The Kier molecular flexibility index (Phi) is 5.55. The predicted octanol–water partition coefficient (Wildman–Crippen LogP) is 2.84. The number of hydrogen-bond donors (Lipinski definition) is 2. The van der Waals surface area contributed by atoms with Gasteiger partial charge in [-0.3, -0.25) is 4.79 Å². The van der Waals surface area contributed by atoms with Crippen molar-refractivity contribution in [1.82, 2.24) is 5.32 Å². The van der Waals surface area contributed by atoms with Crippen LogP contribution in [-0.4, -0.2) is 32.7 Å². The van der Waals surface area contributed by atoms with Gasteiger partial charge in [-0.05, 0) is 68.2 Å². The van der Waals surface area contributed by atoms with E-state index >= 15 is 0 Å². The van der Waals surface area contributed by atoms with Gasteiger partial charge in [0.2, 0.25) is 0 Å². The summed E-state index contributed by atoms with van der Waals surface area (Å²) < 4.78 is 4.96. The molecule has 1 aromatic carbocycles. The second kappa shape index (κ2) is 7.82. The Labute approximate surface area is 139 Å². The summed E-state index contributed by atoms with van der Waals surface area (Å²) in [5.74, 6) is 1.59. The molecule has 0 spiro atoms. The fraction of sp³-hybridized carbons (Fsp3) is 0.632. The molecule has 1 saturated heterocycles. The lowest BCUT2D eigenvalue weighted by atomic mass is 9.76. The zero-order valence-corrected chi connectivity index (χ0v) is 14.0. The number of esters is 1. The molecule has 4 heteroatoms. The van der Waals surface area contributed by atoms with Crippen LogP contribution in [0.15, 0.2) is 24.3 Å². The maximum atomic E-state index is 11.9. The smallest absolute Gasteiger partial charge is 0.305 e. The van der Waals surface area contributed by atoms with Crippen molar-refractivity contribution in [3.05, 3.63) is 29.8 Å².